The number of piperidine rings is 2. The maximum Gasteiger partial charge on any atom is 0.255 e. The number of carbonyl (C=O) groups is 3. The molecule has 3 amide bonds. The number of carbonyl (C=O) groups excluding carboxylic acids is 3. The summed E-state index contributed by atoms with van der Waals surface area (Å²) < 4.78 is 14.6. The Hall–Kier alpha value is -3.06. The molecule has 5 rings (SSSR count). The van der Waals surface area contributed by atoms with Crippen LogP contribution in [0.1, 0.15) is 75.3 Å². The van der Waals surface area contributed by atoms with E-state index in [0.717, 1.165) is 43.6 Å². The van der Waals surface area contributed by atoms with Crippen LogP contribution in [0, 0.1) is 26.6 Å². The summed E-state index contributed by atoms with van der Waals surface area (Å²) in [5.41, 5.74) is 7.39. The fourth-order valence-corrected chi connectivity index (χ4v) is 6.10. The maximum absolute atomic E-state index is 14.6. The minimum absolute atomic E-state index is 0.172. The van der Waals surface area contributed by atoms with Crippen LogP contribution in [0.2, 0.25) is 0 Å². The van der Waals surface area contributed by atoms with Gasteiger partial charge in [0.1, 0.15) is 11.9 Å². The molecule has 3 aliphatic heterocycles. The van der Waals surface area contributed by atoms with Crippen molar-refractivity contribution < 1.29 is 18.8 Å². The molecule has 1 N–H and O–H groups in total. The second-order valence-electron chi connectivity index (χ2n) is 10.3. The Bertz CT molecular complexity index is 1190. The van der Waals surface area contributed by atoms with E-state index in [9.17, 15) is 18.8 Å². The number of rotatable bonds is 4. The first-order valence-electron chi connectivity index (χ1n) is 12.5. The molecule has 0 spiro atoms. The zero-order chi connectivity index (χ0) is 24.9. The molecule has 1 unspecified atom stereocenters. The van der Waals surface area contributed by atoms with Crippen molar-refractivity contribution >= 4 is 17.7 Å². The Morgan fingerprint density at radius 3 is 2.31 bits per heavy atom. The minimum Gasteiger partial charge on any atom is -0.322 e. The van der Waals surface area contributed by atoms with Gasteiger partial charge in [-0.15, -0.1) is 0 Å². The van der Waals surface area contributed by atoms with Crippen molar-refractivity contribution in [2.75, 3.05) is 13.1 Å². The van der Waals surface area contributed by atoms with Gasteiger partial charge in [-0.1, -0.05) is 17.7 Å². The van der Waals surface area contributed by atoms with Crippen molar-refractivity contribution in [2.45, 2.75) is 71.5 Å². The number of likely N-dealkylation sites (tertiary alicyclic amines) is 1. The van der Waals surface area contributed by atoms with E-state index >= 15 is 0 Å². The molecule has 1 atom stereocenters. The Kier molecular flexibility index (Phi) is 6.21. The van der Waals surface area contributed by atoms with Crippen molar-refractivity contribution in [3.8, 4) is 0 Å². The Labute approximate surface area is 205 Å². The summed E-state index contributed by atoms with van der Waals surface area (Å²) in [7, 11) is 0. The molecule has 35 heavy (non-hydrogen) atoms. The van der Waals surface area contributed by atoms with Gasteiger partial charge in [-0.05, 0) is 99.0 Å². The molecule has 2 fully saturated rings. The van der Waals surface area contributed by atoms with Gasteiger partial charge in [0.05, 0.1) is 0 Å². The third kappa shape index (κ3) is 4.49. The minimum atomic E-state index is -0.689. The average Bonchev–Trinajstić information content (AvgIpc) is 3.12. The highest BCUT2D eigenvalue weighted by molar-refractivity contribution is 6.05. The smallest absolute Gasteiger partial charge is 0.255 e. The Morgan fingerprint density at radius 2 is 1.66 bits per heavy atom. The summed E-state index contributed by atoms with van der Waals surface area (Å²) in [6.45, 7) is 9.48. The van der Waals surface area contributed by atoms with Crippen molar-refractivity contribution in [3.05, 3.63) is 69.0 Å². The zero-order valence-corrected chi connectivity index (χ0v) is 20.6. The first kappa shape index (κ1) is 23.7. The van der Waals surface area contributed by atoms with E-state index in [1.807, 2.05) is 0 Å². The Balaban J connectivity index is 1.32. The van der Waals surface area contributed by atoms with Crippen LogP contribution in [-0.2, 0) is 22.7 Å². The highest BCUT2D eigenvalue weighted by Gasteiger charge is 2.41. The maximum atomic E-state index is 14.6. The largest absolute Gasteiger partial charge is 0.322 e. The number of hydrogen-bond acceptors (Lipinski definition) is 4. The second kappa shape index (κ2) is 9.19. The number of amides is 3. The number of fused-ring (bicyclic) bond motifs is 1. The molecule has 0 saturated carbocycles. The number of nitrogens with one attached hydrogen (secondary N) is 1. The monoisotopic (exact) mass is 477 g/mol. The first-order chi connectivity index (χ1) is 16.7. The average molecular weight is 478 g/mol. The lowest BCUT2D eigenvalue weighted by atomic mass is 9.85. The van der Waals surface area contributed by atoms with Crippen LogP contribution in [0.4, 0.5) is 4.39 Å². The van der Waals surface area contributed by atoms with E-state index in [1.54, 1.807) is 6.07 Å². The topological polar surface area (TPSA) is 69.7 Å². The lowest BCUT2D eigenvalue weighted by Gasteiger charge is -2.34. The number of imide groups is 1. The first-order valence-corrected chi connectivity index (χ1v) is 12.5. The molecule has 2 aromatic rings. The molecule has 184 valence electrons. The van der Waals surface area contributed by atoms with Gasteiger partial charge in [0.15, 0.2) is 0 Å². The van der Waals surface area contributed by atoms with Gasteiger partial charge in [-0.25, -0.2) is 4.39 Å². The molecule has 2 aromatic carbocycles. The van der Waals surface area contributed by atoms with Gasteiger partial charge < -0.3 is 4.90 Å². The van der Waals surface area contributed by atoms with Crippen molar-refractivity contribution in [1.29, 1.82) is 0 Å². The number of nitrogens with zero attached hydrogens (tertiary/aromatic N) is 2. The third-order valence-corrected chi connectivity index (χ3v) is 7.90. The summed E-state index contributed by atoms with van der Waals surface area (Å²) in [5.74, 6) is -1.32. The van der Waals surface area contributed by atoms with Crippen LogP contribution in [-0.4, -0.2) is 46.7 Å². The van der Waals surface area contributed by atoms with Gasteiger partial charge >= 0.3 is 0 Å². The molecule has 3 aliphatic rings. The van der Waals surface area contributed by atoms with Crippen LogP contribution in [0.5, 0.6) is 0 Å². The highest BCUT2D eigenvalue weighted by atomic mass is 19.1. The lowest BCUT2D eigenvalue weighted by molar-refractivity contribution is -0.136. The van der Waals surface area contributed by atoms with E-state index in [2.05, 4.69) is 43.1 Å². The molecule has 0 radical (unpaired) electrons. The quantitative estimate of drug-likeness (QED) is 0.679. The normalized spacial score (nSPS) is 21.4. The summed E-state index contributed by atoms with van der Waals surface area (Å²) in [5, 5.41) is 2.33. The van der Waals surface area contributed by atoms with Gasteiger partial charge in [-0.3, -0.25) is 24.6 Å². The third-order valence-electron chi connectivity index (χ3n) is 7.90. The van der Waals surface area contributed by atoms with Gasteiger partial charge in [-0.2, -0.15) is 0 Å². The van der Waals surface area contributed by atoms with E-state index < -0.39 is 17.8 Å². The molecule has 2 saturated heterocycles. The van der Waals surface area contributed by atoms with Crippen LogP contribution in [0.15, 0.2) is 24.3 Å². The summed E-state index contributed by atoms with van der Waals surface area (Å²) in [6.07, 6.45) is 2.30. The van der Waals surface area contributed by atoms with Crippen LogP contribution < -0.4 is 5.32 Å². The van der Waals surface area contributed by atoms with Crippen molar-refractivity contribution in [2.24, 2.45) is 0 Å². The number of benzene rings is 2. The highest BCUT2D eigenvalue weighted by Crippen LogP contribution is 2.38. The van der Waals surface area contributed by atoms with E-state index in [1.165, 1.54) is 33.2 Å². The summed E-state index contributed by atoms with van der Waals surface area (Å²) in [4.78, 5) is 41.0. The van der Waals surface area contributed by atoms with Gasteiger partial charge in [0, 0.05) is 25.1 Å². The van der Waals surface area contributed by atoms with E-state index in [4.69, 9.17) is 0 Å². The van der Waals surface area contributed by atoms with Crippen molar-refractivity contribution in [3.63, 3.8) is 0 Å². The van der Waals surface area contributed by atoms with Crippen LogP contribution in [0.25, 0.3) is 0 Å². The summed E-state index contributed by atoms with van der Waals surface area (Å²) >= 11 is 0. The molecule has 0 bridgehead atoms. The number of aryl methyl sites for hydroxylation is 3. The van der Waals surface area contributed by atoms with E-state index in [0.29, 0.717) is 12.0 Å². The molecular weight excluding hydrogens is 445 g/mol. The number of halogens is 1. The number of hydrogen-bond donors (Lipinski definition) is 1. The fourth-order valence-electron chi connectivity index (χ4n) is 6.10. The lowest BCUT2D eigenvalue weighted by Crippen LogP contribution is -2.52. The molecular formula is C28H32FN3O3. The molecule has 3 heterocycles. The van der Waals surface area contributed by atoms with Crippen molar-refractivity contribution in [1.82, 2.24) is 15.1 Å². The summed E-state index contributed by atoms with van der Waals surface area (Å²) in [6, 6.07) is 6.65. The molecule has 6 nitrogen and oxygen atoms in total. The van der Waals surface area contributed by atoms with Gasteiger partial charge in [0.25, 0.3) is 5.91 Å². The predicted molar refractivity (Wildman–Crippen MR) is 130 cm³/mol. The Morgan fingerprint density at radius 1 is 0.971 bits per heavy atom. The predicted octanol–water partition coefficient (Wildman–Crippen LogP) is 3.89. The molecule has 7 heteroatoms. The molecule has 0 aliphatic carbocycles. The zero-order valence-electron chi connectivity index (χ0n) is 20.6. The SMILES string of the molecule is Cc1cc(C)c(CN2CCC(c3cc(F)cc4c3CN(C3CCC(=O)NC3=O)C4=O)CC2)c(C)c1. The fraction of sp³-hybridized carbons (Fsp3) is 0.464. The molecule has 0 aromatic heterocycles. The van der Waals surface area contributed by atoms with E-state index in [-0.39, 0.29) is 30.7 Å². The van der Waals surface area contributed by atoms with Gasteiger partial charge in [0.2, 0.25) is 11.8 Å². The second-order valence-corrected chi connectivity index (χ2v) is 10.3. The van der Waals surface area contributed by atoms with Crippen LogP contribution in [0.3, 0.4) is 0 Å². The standard InChI is InChI=1S/C28H32FN3O3/c1-16-10-17(2)23(18(3)11-16)14-31-8-6-19(7-9-31)21-12-20(29)13-22-24(21)15-32(28(22)35)25-4-5-26(33)30-27(25)34/h10-13,19,25H,4-9,14-15H2,1-3H3,(H,30,33,34). The van der Waals surface area contributed by atoms with Crippen LogP contribution >= 0.6 is 0 Å².